The lowest BCUT2D eigenvalue weighted by atomic mass is 9.33. The summed E-state index contributed by atoms with van der Waals surface area (Å²) in [7, 11) is 0. The normalized spacial score (nSPS) is 55.1. The Kier molecular flexibility index (Phi) is 5.25. The molecule has 0 aromatic rings. The Hall–Kier alpha value is -1.20. The molecular weight excluding hydrogens is 440 g/mol. The van der Waals surface area contributed by atoms with Crippen LogP contribution in [0.4, 0.5) is 0 Å². The van der Waals surface area contributed by atoms with Crippen molar-refractivity contribution in [2.24, 2.45) is 50.7 Å². The number of carboxylic acids is 1. The van der Waals surface area contributed by atoms with Gasteiger partial charge in [-0.05, 0) is 85.9 Å². The highest BCUT2D eigenvalue weighted by atomic mass is 16.4. The van der Waals surface area contributed by atoms with Crippen LogP contribution in [0.3, 0.4) is 0 Å². The molecule has 5 heteroatoms. The van der Waals surface area contributed by atoms with Crippen molar-refractivity contribution in [1.82, 2.24) is 0 Å². The molecule has 0 aliphatic heterocycles. The topological polar surface area (TPSA) is 94.8 Å². The van der Waals surface area contributed by atoms with E-state index in [0.29, 0.717) is 19.3 Å². The second kappa shape index (κ2) is 7.22. The van der Waals surface area contributed by atoms with Gasteiger partial charge in [0.15, 0.2) is 5.78 Å². The molecule has 196 valence electrons. The number of carbonyl (C=O) groups is 2. The van der Waals surface area contributed by atoms with Gasteiger partial charge in [-0.3, -0.25) is 9.59 Å². The largest absolute Gasteiger partial charge is 0.481 e. The van der Waals surface area contributed by atoms with Gasteiger partial charge in [0.25, 0.3) is 0 Å². The third-order valence-electron chi connectivity index (χ3n) is 13.2. The lowest BCUT2D eigenvalue weighted by Crippen LogP contribution is -2.68. The van der Waals surface area contributed by atoms with Crippen LogP contribution in [-0.4, -0.2) is 38.8 Å². The van der Waals surface area contributed by atoms with E-state index in [2.05, 4.69) is 47.6 Å². The Morgan fingerprint density at radius 3 is 2.26 bits per heavy atom. The summed E-state index contributed by atoms with van der Waals surface area (Å²) in [6.45, 7) is 15.1. The van der Waals surface area contributed by atoms with Crippen LogP contribution in [0.2, 0.25) is 0 Å². The van der Waals surface area contributed by atoms with Gasteiger partial charge in [-0.15, -0.1) is 0 Å². The van der Waals surface area contributed by atoms with Crippen LogP contribution in [0.15, 0.2) is 11.6 Å². The fourth-order valence-electron chi connectivity index (χ4n) is 10.8. The van der Waals surface area contributed by atoms with Crippen molar-refractivity contribution in [1.29, 1.82) is 0 Å². The first-order valence-electron chi connectivity index (χ1n) is 13.9. The van der Waals surface area contributed by atoms with Crippen molar-refractivity contribution in [3.05, 3.63) is 11.6 Å². The van der Waals surface area contributed by atoms with Crippen LogP contribution < -0.4 is 0 Å². The molecule has 0 radical (unpaired) electrons. The number of hydrogen-bond donors (Lipinski definition) is 3. The Balaban J connectivity index is 1.65. The summed E-state index contributed by atoms with van der Waals surface area (Å²) in [5.41, 5.74) is -1.78. The zero-order chi connectivity index (χ0) is 26.0. The van der Waals surface area contributed by atoms with Crippen LogP contribution in [0.5, 0.6) is 0 Å². The number of ketones is 1. The predicted molar refractivity (Wildman–Crippen MR) is 134 cm³/mol. The molecule has 35 heavy (non-hydrogen) atoms. The third-order valence-corrected chi connectivity index (χ3v) is 13.2. The second-order valence-corrected chi connectivity index (χ2v) is 14.7. The summed E-state index contributed by atoms with van der Waals surface area (Å²) >= 11 is 0. The number of aliphatic hydroxyl groups excluding tert-OH is 1. The van der Waals surface area contributed by atoms with Crippen molar-refractivity contribution in [3.8, 4) is 0 Å². The average Bonchev–Trinajstić information content (AvgIpc) is 2.75. The molecule has 3 N–H and O–H groups in total. The summed E-state index contributed by atoms with van der Waals surface area (Å²) in [4.78, 5) is 25.9. The highest BCUT2D eigenvalue weighted by molar-refractivity contribution is 5.85. The van der Waals surface area contributed by atoms with Gasteiger partial charge < -0.3 is 15.3 Å². The lowest BCUT2D eigenvalue weighted by Gasteiger charge is -2.71. The van der Waals surface area contributed by atoms with Gasteiger partial charge in [0, 0.05) is 17.8 Å². The molecule has 0 heterocycles. The quantitative estimate of drug-likeness (QED) is 0.432. The standard InChI is InChI=1S/C30H46O5/c1-17-10-13-30(24(33)34)15-14-27(5)18(22(30)29(17,7)35)8-9-21-26(4)16-19(31)23(32)25(2,3)20(26)11-12-28(21,27)6/h8,17,20-23,32,35H,9-16H2,1-7H3,(H,33,34)/t17-,20+,21+,22-,23+,26+,27-,28+,29+,30+/m1/s1. The van der Waals surface area contributed by atoms with Crippen molar-refractivity contribution < 1.29 is 24.9 Å². The monoisotopic (exact) mass is 486 g/mol. The molecule has 5 aliphatic rings. The number of rotatable bonds is 1. The minimum Gasteiger partial charge on any atom is -0.481 e. The Morgan fingerprint density at radius 1 is 0.971 bits per heavy atom. The maximum absolute atomic E-state index is 13.1. The molecule has 0 aromatic carbocycles. The summed E-state index contributed by atoms with van der Waals surface area (Å²) in [6.07, 6.45) is 7.35. The van der Waals surface area contributed by atoms with Gasteiger partial charge in [0.2, 0.25) is 0 Å². The van der Waals surface area contributed by atoms with E-state index in [9.17, 15) is 24.9 Å². The van der Waals surface area contributed by atoms with E-state index in [1.54, 1.807) is 0 Å². The number of Topliss-reactive ketones (excluding diaryl/α,β-unsaturated/α-hetero) is 1. The summed E-state index contributed by atoms with van der Waals surface area (Å²) in [6, 6.07) is 0. The molecule has 0 aromatic heterocycles. The average molecular weight is 487 g/mol. The van der Waals surface area contributed by atoms with E-state index in [1.165, 1.54) is 5.57 Å². The van der Waals surface area contributed by atoms with E-state index in [1.807, 2.05) is 6.92 Å². The molecule has 5 nitrogen and oxygen atoms in total. The van der Waals surface area contributed by atoms with Crippen molar-refractivity contribution >= 4 is 11.8 Å². The van der Waals surface area contributed by atoms with Crippen molar-refractivity contribution in [2.75, 3.05) is 0 Å². The molecule has 10 atom stereocenters. The molecule has 0 bridgehead atoms. The van der Waals surface area contributed by atoms with E-state index in [-0.39, 0.29) is 45.7 Å². The number of fused-ring (bicyclic) bond motifs is 7. The van der Waals surface area contributed by atoms with Crippen LogP contribution >= 0.6 is 0 Å². The molecule has 0 saturated heterocycles. The highest BCUT2D eigenvalue weighted by Gasteiger charge is 2.71. The SMILES string of the molecule is C[C@@H]1CC[C@]2(C(=O)O)CC[C@]3(C)C(=CC[C@H]4[C@@]5(C)CC(=O)[C@H](O)C(C)(C)[C@@H]5CC[C@@]43C)[C@@H]2[C@@]1(C)O. The molecule has 4 saturated carbocycles. The lowest BCUT2D eigenvalue weighted by molar-refractivity contribution is -0.215. The molecule has 0 spiro atoms. The first-order valence-corrected chi connectivity index (χ1v) is 13.9. The minimum absolute atomic E-state index is 0.0319. The number of carboxylic acid groups (broad SMARTS) is 1. The van der Waals surface area contributed by atoms with Crippen LogP contribution in [0.1, 0.15) is 99.8 Å². The van der Waals surface area contributed by atoms with Gasteiger partial charge in [0.05, 0.1) is 11.0 Å². The molecule has 5 aliphatic carbocycles. The minimum atomic E-state index is -1.07. The number of allylic oxidation sites excluding steroid dienone is 1. The molecule has 0 unspecified atom stereocenters. The van der Waals surface area contributed by atoms with Gasteiger partial charge in [-0.2, -0.15) is 0 Å². The summed E-state index contributed by atoms with van der Waals surface area (Å²) < 4.78 is 0. The number of aliphatic hydroxyl groups is 2. The zero-order valence-corrected chi connectivity index (χ0v) is 22.8. The Morgan fingerprint density at radius 2 is 1.63 bits per heavy atom. The third kappa shape index (κ3) is 2.83. The molecular formula is C30H46O5. The summed E-state index contributed by atoms with van der Waals surface area (Å²) in [5.74, 6) is -0.588. The zero-order valence-electron chi connectivity index (χ0n) is 22.8. The Labute approximate surface area is 210 Å². The van der Waals surface area contributed by atoms with Crippen molar-refractivity contribution in [2.45, 2.75) is 112 Å². The van der Waals surface area contributed by atoms with Gasteiger partial charge in [-0.25, -0.2) is 0 Å². The van der Waals surface area contributed by atoms with E-state index < -0.39 is 28.5 Å². The first-order chi connectivity index (χ1) is 16.0. The molecule has 5 rings (SSSR count). The Bertz CT molecular complexity index is 995. The highest BCUT2D eigenvalue weighted by Crippen LogP contribution is 2.75. The number of aliphatic carboxylic acids is 1. The van der Waals surface area contributed by atoms with E-state index in [4.69, 9.17) is 0 Å². The van der Waals surface area contributed by atoms with E-state index >= 15 is 0 Å². The van der Waals surface area contributed by atoms with Gasteiger partial charge in [-0.1, -0.05) is 53.2 Å². The predicted octanol–water partition coefficient (Wildman–Crippen LogP) is 5.38. The number of carbonyl (C=O) groups excluding carboxylic acids is 1. The maximum Gasteiger partial charge on any atom is 0.310 e. The molecule has 4 fully saturated rings. The van der Waals surface area contributed by atoms with Gasteiger partial charge in [0.1, 0.15) is 6.10 Å². The van der Waals surface area contributed by atoms with E-state index in [0.717, 1.165) is 32.1 Å². The van der Waals surface area contributed by atoms with Crippen LogP contribution in [-0.2, 0) is 9.59 Å². The number of hydrogen-bond acceptors (Lipinski definition) is 4. The fraction of sp³-hybridized carbons (Fsp3) is 0.867. The van der Waals surface area contributed by atoms with Crippen molar-refractivity contribution in [3.63, 3.8) is 0 Å². The first kappa shape index (κ1) is 25.4. The second-order valence-electron chi connectivity index (χ2n) is 14.7. The smallest absolute Gasteiger partial charge is 0.310 e. The van der Waals surface area contributed by atoms with Crippen LogP contribution in [0.25, 0.3) is 0 Å². The fourth-order valence-corrected chi connectivity index (χ4v) is 10.8. The van der Waals surface area contributed by atoms with Crippen LogP contribution in [0, 0.1) is 50.7 Å². The maximum atomic E-state index is 13.1. The molecule has 0 amide bonds. The van der Waals surface area contributed by atoms with Gasteiger partial charge >= 0.3 is 5.97 Å². The summed E-state index contributed by atoms with van der Waals surface area (Å²) in [5, 5.41) is 33.2.